The van der Waals surface area contributed by atoms with Crippen LogP contribution >= 0.6 is 23.2 Å². The van der Waals surface area contributed by atoms with Crippen molar-refractivity contribution in [2.45, 2.75) is 13.5 Å². The number of aromatic nitrogens is 2. The van der Waals surface area contributed by atoms with E-state index in [9.17, 15) is 4.79 Å². The van der Waals surface area contributed by atoms with Crippen molar-refractivity contribution in [2.24, 2.45) is 0 Å². The van der Waals surface area contributed by atoms with Gasteiger partial charge < -0.3 is 0 Å². The van der Waals surface area contributed by atoms with E-state index in [-0.39, 0.29) is 10.7 Å². The summed E-state index contributed by atoms with van der Waals surface area (Å²) in [5, 5.41) is 0.841. The van der Waals surface area contributed by atoms with Gasteiger partial charge in [0.25, 0.3) is 5.56 Å². The minimum Gasteiger partial charge on any atom is -0.295 e. The van der Waals surface area contributed by atoms with E-state index < -0.39 is 0 Å². The molecule has 0 saturated heterocycles. The predicted molar refractivity (Wildman–Crippen MR) is 68.8 cm³/mol. The lowest BCUT2D eigenvalue weighted by Crippen LogP contribution is -2.20. The number of hydrogen-bond acceptors (Lipinski definition) is 2. The van der Waals surface area contributed by atoms with Gasteiger partial charge >= 0.3 is 0 Å². The Morgan fingerprint density at radius 1 is 1.29 bits per heavy atom. The monoisotopic (exact) mass is 268 g/mol. The van der Waals surface area contributed by atoms with E-state index >= 15 is 0 Å². The molecule has 2 aromatic rings. The third-order valence-corrected chi connectivity index (χ3v) is 2.95. The lowest BCUT2D eigenvalue weighted by atomic mass is 10.1. The first kappa shape index (κ1) is 12.1. The van der Waals surface area contributed by atoms with Gasteiger partial charge in [-0.25, -0.2) is 4.98 Å². The summed E-state index contributed by atoms with van der Waals surface area (Å²) in [7, 11) is 0. The van der Waals surface area contributed by atoms with Crippen LogP contribution in [0.15, 0.2) is 35.4 Å². The third-order valence-electron chi connectivity index (χ3n) is 2.40. The van der Waals surface area contributed by atoms with Crippen LogP contribution < -0.4 is 5.56 Å². The topological polar surface area (TPSA) is 34.9 Å². The zero-order valence-corrected chi connectivity index (χ0v) is 10.7. The van der Waals surface area contributed by atoms with Crippen LogP contribution in [0.2, 0.25) is 10.2 Å². The van der Waals surface area contributed by atoms with Gasteiger partial charge in [0.15, 0.2) is 0 Å². The van der Waals surface area contributed by atoms with Gasteiger partial charge in [-0.1, -0.05) is 35.3 Å². The molecule has 0 aliphatic heterocycles. The minimum atomic E-state index is -0.193. The van der Waals surface area contributed by atoms with Crippen molar-refractivity contribution >= 4 is 23.2 Å². The summed E-state index contributed by atoms with van der Waals surface area (Å²) in [5.74, 6) is 0. The molecular formula is C12H10Cl2N2O. The highest BCUT2D eigenvalue weighted by Crippen LogP contribution is 2.18. The standard InChI is InChI=1S/C12H10Cl2N2O/c1-8-2-3-9(10(13)4-8)6-16-7-15-11(14)5-12(16)17/h2-5,7H,6H2,1H3. The first-order chi connectivity index (χ1) is 8.06. The van der Waals surface area contributed by atoms with Crippen LogP contribution in [0, 0.1) is 6.92 Å². The molecule has 17 heavy (non-hydrogen) atoms. The average Bonchev–Trinajstić information content (AvgIpc) is 2.25. The van der Waals surface area contributed by atoms with Crippen LogP contribution in [-0.2, 0) is 6.54 Å². The fourth-order valence-electron chi connectivity index (χ4n) is 1.49. The Labute approximate surface area is 109 Å². The quantitative estimate of drug-likeness (QED) is 0.786. The van der Waals surface area contributed by atoms with E-state index in [1.54, 1.807) is 0 Å². The van der Waals surface area contributed by atoms with Crippen molar-refractivity contribution in [2.75, 3.05) is 0 Å². The highest BCUT2D eigenvalue weighted by molar-refractivity contribution is 6.31. The maximum absolute atomic E-state index is 11.6. The van der Waals surface area contributed by atoms with E-state index in [0.717, 1.165) is 11.1 Å². The summed E-state index contributed by atoms with van der Waals surface area (Å²) in [5.41, 5.74) is 1.77. The van der Waals surface area contributed by atoms with E-state index in [4.69, 9.17) is 23.2 Å². The van der Waals surface area contributed by atoms with Crippen LogP contribution in [0.3, 0.4) is 0 Å². The van der Waals surface area contributed by atoms with Gasteiger partial charge in [-0.3, -0.25) is 9.36 Å². The van der Waals surface area contributed by atoms with E-state index in [1.165, 1.54) is 17.0 Å². The van der Waals surface area contributed by atoms with Gasteiger partial charge in [-0.2, -0.15) is 0 Å². The Bertz CT molecular complexity index is 608. The lowest BCUT2D eigenvalue weighted by Gasteiger charge is -2.07. The Morgan fingerprint density at radius 3 is 2.71 bits per heavy atom. The van der Waals surface area contributed by atoms with E-state index in [2.05, 4.69) is 4.98 Å². The number of benzene rings is 1. The normalized spacial score (nSPS) is 10.5. The lowest BCUT2D eigenvalue weighted by molar-refractivity contribution is 0.736. The summed E-state index contributed by atoms with van der Waals surface area (Å²) < 4.78 is 1.46. The number of aryl methyl sites for hydroxylation is 1. The Hall–Kier alpha value is -1.32. The maximum atomic E-state index is 11.6. The second kappa shape index (κ2) is 4.90. The third kappa shape index (κ3) is 2.87. The smallest absolute Gasteiger partial charge is 0.255 e. The summed E-state index contributed by atoms with van der Waals surface area (Å²) in [6.45, 7) is 2.35. The number of nitrogens with zero attached hydrogens (tertiary/aromatic N) is 2. The Balaban J connectivity index is 2.35. The molecule has 0 aliphatic carbocycles. The minimum absolute atomic E-state index is 0.193. The number of rotatable bonds is 2. The molecular weight excluding hydrogens is 259 g/mol. The number of halogens is 2. The molecule has 0 saturated carbocycles. The van der Waals surface area contributed by atoms with Crippen molar-refractivity contribution in [3.05, 3.63) is 62.2 Å². The van der Waals surface area contributed by atoms with Gasteiger partial charge in [-0.15, -0.1) is 0 Å². The van der Waals surface area contributed by atoms with Crippen molar-refractivity contribution < 1.29 is 0 Å². The van der Waals surface area contributed by atoms with Crippen molar-refractivity contribution in [3.63, 3.8) is 0 Å². The van der Waals surface area contributed by atoms with Crippen LogP contribution in [0.25, 0.3) is 0 Å². The van der Waals surface area contributed by atoms with Crippen LogP contribution in [0.5, 0.6) is 0 Å². The highest BCUT2D eigenvalue weighted by atomic mass is 35.5. The van der Waals surface area contributed by atoms with Crippen LogP contribution in [-0.4, -0.2) is 9.55 Å². The maximum Gasteiger partial charge on any atom is 0.255 e. The summed E-state index contributed by atoms with van der Waals surface area (Å²) in [6, 6.07) is 7.00. The fraction of sp³-hybridized carbons (Fsp3) is 0.167. The van der Waals surface area contributed by atoms with E-state index in [1.807, 2.05) is 25.1 Å². The highest BCUT2D eigenvalue weighted by Gasteiger charge is 2.03. The van der Waals surface area contributed by atoms with E-state index in [0.29, 0.717) is 11.6 Å². The second-order valence-corrected chi connectivity index (χ2v) is 4.57. The molecule has 88 valence electrons. The molecule has 5 heteroatoms. The van der Waals surface area contributed by atoms with Crippen LogP contribution in [0.1, 0.15) is 11.1 Å². The zero-order valence-electron chi connectivity index (χ0n) is 9.15. The molecule has 3 nitrogen and oxygen atoms in total. The first-order valence-corrected chi connectivity index (χ1v) is 5.79. The molecule has 0 N–H and O–H groups in total. The van der Waals surface area contributed by atoms with Gasteiger partial charge in [0.1, 0.15) is 5.15 Å². The van der Waals surface area contributed by atoms with Gasteiger partial charge in [0.05, 0.1) is 12.9 Å². The molecule has 0 radical (unpaired) electrons. The molecule has 0 unspecified atom stereocenters. The van der Waals surface area contributed by atoms with Gasteiger partial charge in [0.2, 0.25) is 0 Å². The molecule has 0 bridgehead atoms. The van der Waals surface area contributed by atoms with Gasteiger partial charge in [0, 0.05) is 11.1 Å². The molecule has 0 aliphatic rings. The fourth-order valence-corrected chi connectivity index (χ4v) is 1.92. The molecule has 0 atom stereocenters. The van der Waals surface area contributed by atoms with Crippen molar-refractivity contribution in [1.82, 2.24) is 9.55 Å². The summed E-state index contributed by atoms with van der Waals surface area (Å²) >= 11 is 11.7. The predicted octanol–water partition coefficient (Wildman–Crippen LogP) is 2.91. The summed E-state index contributed by atoms with van der Waals surface area (Å²) in [6.07, 6.45) is 1.42. The SMILES string of the molecule is Cc1ccc(Cn2cnc(Cl)cc2=O)c(Cl)c1. The molecule has 1 aromatic heterocycles. The Morgan fingerprint density at radius 2 is 2.06 bits per heavy atom. The average molecular weight is 269 g/mol. The first-order valence-electron chi connectivity index (χ1n) is 5.03. The Kier molecular flexibility index (Phi) is 3.50. The zero-order chi connectivity index (χ0) is 12.4. The van der Waals surface area contributed by atoms with Gasteiger partial charge in [-0.05, 0) is 24.1 Å². The van der Waals surface area contributed by atoms with Crippen LogP contribution in [0.4, 0.5) is 0 Å². The molecule has 0 fully saturated rings. The second-order valence-electron chi connectivity index (χ2n) is 3.77. The largest absolute Gasteiger partial charge is 0.295 e. The number of hydrogen-bond donors (Lipinski definition) is 0. The molecule has 0 amide bonds. The molecule has 1 heterocycles. The van der Waals surface area contributed by atoms with Crippen molar-refractivity contribution in [1.29, 1.82) is 0 Å². The molecule has 2 rings (SSSR count). The molecule has 0 spiro atoms. The summed E-state index contributed by atoms with van der Waals surface area (Å²) in [4.78, 5) is 15.5. The van der Waals surface area contributed by atoms with Crippen molar-refractivity contribution in [3.8, 4) is 0 Å². The molecule has 1 aromatic carbocycles.